The summed E-state index contributed by atoms with van der Waals surface area (Å²) in [7, 11) is 0.909. The van der Waals surface area contributed by atoms with Gasteiger partial charge in [0, 0.05) is 0 Å². The molecule has 0 radical (unpaired) electrons. The second kappa shape index (κ2) is 54.5. The Morgan fingerprint density at radius 2 is 0.311 bits per heavy atom. The summed E-state index contributed by atoms with van der Waals surface area (Å²) in [6, 6.07) is 0. The molecule has 0 aliphatic carbocycles. The zero-order valence-corrected chi connectivity index (χ0v) is 45.8. The lowest BCUT2D eigenvalue weighted by Gasteiger charge is -2.34. The predicted molar refractivity (Wildman–Crippen MR) is 285 cm³/mol. The molecule has 0 saturated carbocycles. The van der Waals surface area contributed by atoms with Gasteiger partial charge in [0.25, 0.3) is 0 Å². The van der Waals surface area contributed by atoms with Gasteiger partial charge in [0.2, 0.25) is 0 Å². The van der Waals surface area contributed by atoms with Crippen molar-refractivity contribution in [1.29, 1.82) is 0 Å². The standard InChI is InChI=1S/C59H122OSi/c1-4-7-10-13-16-19-22-25-28-31-34-37-40-43-46-49-52-55-58-59(60-61,56-53-50-47-44-41-38-35-32-29-26-23-20-17-14-11-8-5-2)57-54-51-48-45-42-39-36-33-30-27-24-21-18-15-12-9-6-3/h4-58H2,1-3,61H3. The molecule has 0 N–H and O–H groups in total. The van der Waals surface area contributed by atoms with Crippen LogP contribution in [0, 0.1) is 0 Å². The molecule has 0 bridgehead atoms. The van der Waals surface area contributed by atoms with E-state index >= 15 is 0 Å². The topological polar surface area (TPSA) is 9.23 Å². The summed E-state index contributed by atoms with van der Waals surface area (Å²) in [6.07, 6.45) is 79.9. The van der Waals surface area contributed by atoms with E-state index in [1.165, 1.54) is 353 Å². The van der Waals surface area contributed by atoms with Crippen LogP contribution in [0.25, 0.3) is 0 Å². The third kappa shape index (κ3) is 49.5. The third-order valence-corrected chi connectivity index (χ3v) is 15.8. The zero-order chi connectivity index (χ0) is 44.1. The maximum atomic E-state index is 6.67. The molecule has 0 aliphatic rings. The first-order valence-electron chi connectivity index (χ1n) is 29.8. The zero-order valence-electron chi connectivity index (χ0n) is 43.8. The van der Waals surface area contributed by atoms with E-state index < -0.39 is 0 Å². The molecule has 61 heavy (non-hydrogen) atoms. The molecule has 0 spiro atoms. The maximum Gasteiger partial charge on any atom is 0.146 e. The Balaban J connectivity index is 4.19. The quantitative estimate of drug-likeness (QED) is 0.0437. The Labute approximate surface area is 392 Å². The minimum absolute atomic E-state index is 0.215. The fourth-order valence-corrected chi connectivity index (χ4v) is 11.0. The Kier molecular flexibility index (Phi) is 54.7. The van der Waals surface area contributed by atoms with Crippen LogP contribution in [0.5, 0.6) is 0 Å². The van der Waals surface area contributed by atoms with Gasteiger partial charge in [-0.15, -0.1) is 0 Å². The van der Waals surface area contributed by atoms with Gasteiger partial charge in [0.1, 0.15) is 10.5 Å². The van der Waals surface area contributed by atoms with E-state index in [9.17, 15) is 0 Å². The van der Waals surface area contributed by atoms with Crippen LogP contribution >= 0.6 is 0 Å². The van der Waals surface area contributed by atoms with Crippen LogP contribution in [0.4, 0.5) is 0 Å². The van der Waals surface area contributed by atoms with Gasteiger partial charge in [-0.3, -0.25) is 0 Å². The van der Waals surface area contributed by atoms with E-state index in [2.05, 4.69) is 20.8 Å². The summed E-state index contributed by atoms with van der Waals surface area (Å²) < 4.78 is 6.67. The highest BCUT2D eigenvalue weighted by Gasteiger charge is 2.27. The number of hydrogen-bond acceptors (Lipinski definition) is 1. The van der Waals surface area contributed by atoms with Crippen molar-refractivity contribution in [1.82, 2.24) is 0 Å². The van der Waals surface area contributed by atoms with E-state index in [0.29, 0.717) is 0 Å². The molecule has 0 aromatic rings. The van der Waals surface area contributed by atoms with Gasteiger partial charge in [-0.05, 0) is 19.3 Å². The van der Waals surface area contributed by atoms with Gasteiger partial charge in [-0.25, -0.2) is 0 Å². The van der Waals surface area contributed by atoms with Gasteiger partial charge in [0.15, 0.2) is 0 Å². The molecule has 2 heteroatoms. The lowest BCUT2D eigenvalue weighted by molar-refractivity contribution is 0.0422. The van der Waals surface area contributed by atoms with Gasteiger partial charge in [0.05, 0.1) is 5.60 Å². The Morgan fingerprint density at radius 3 is 0.426 bits per heavy atom. The summed E-state index contributed by atoms with van der Waals surface area (Å²) in [6.45, 7) is 6.96. The molecular weight excluding hydrogens is 753 g/mol. The van der Waals surface area contributed by atoms with E-state index in [1.54, 1.807) is 0 Å². The smallest absolute Gasteiger partial charge is 0.146 e. The molecule has 0 aliphatic heterocycles. The van der Waals surface area contributed by atoms with Crippen molar-refractivity contribution >= 4 is 10.5 Å². The average Bonchev–Trinajstić information content (AvgIpc) is 3.27. The number of unbranched alkanes of at least 4 members (excludes halogenated alkanes) is 49. The molecule has 0 unspecified atom stereocenters. The van der Waals surface area contributed by atoms with Gasteiger partial charge in [-0.2, -0.15) is 0 Å². The van der Waals surface area contributed by atoms with Gasteiger partial charge < -0.3 is 4.43 Å². The van der Waals surface area contributed by atoms with E-state index in [1.807, 2.05) is 0 Å². The Morgan fingerprint density at radius 1 is 0.197 bits per heavy atom. The SMILES string of the molecule is CCCCCCCCCCCCCCCCCCCCC(CCCCCCCCCCCCCCCCCCC)(CCCCCCCCCCCCCCCCCCC)O[SiH3]. The Hall–Kier alpha value is 0.177. The van der Waals surface area contributed by atoms with Crippen molar-refractivity contribution in [3.63, 3.8) is 0 Å². The fourth-order valence-electron chi connectivity index (χ4n) is 10.4. The molecular formula is C59H122OSi. The molecule has 0 heterocycles. The van der Waals surface area contributed by atoms with Crippen molar-refractivity contribution in [3.05, 3.63) is 0 Å². The first-order valence-corrected chi connectivity index (χ1v) is 30.6. The highest BCUT2D eigenvalue weighted by atomic mass is 28.2. The van der Waals surface area contributed by atoms with Crippen LogP contribution in [0.3, 0.4) is 0 Å². The molecule has 0 rings (SSSR count). The van der Waals surface area contributed by atoms with Crippen LogP contribution in [0.15, 0.2) is 0 Å². The average molecular weight is 876 g/mol. The highest BCUT2D eigenvalue weighted by molar-refractivity contribution is 5.98. The molecule has 0 saturated heterocycles. The monoisotopic (exact) mass is 875 g/mol. The van der Waals surface area contributed by atoms with Crippen LogP contribution < -0.4 is 0 Å². The van der Waals surface area contributed by atoms with Crippen molar-refractivity contribution in [3.8, 4) is 0 Å². The van der Waals surface area contributed by atoms with Crippen molar-refractivity contribution in [2.45, 2.75) is 380 Å². The van der Waals surface area contributed by atoms with Crippen LogP contribution in [0.1, 0.15) is 374 Å². The summed E-state index contributed by atoms with van der Waals surface area (Å²) in [5.41, 5.74) is 0.215. The predicted octanol–water partition coefficient (Wildman–Crippen LogP) is 21.5. The van der Waals surface area contributed by atoms with Crippen LogP contribution in [0.2, 0.25) is 0 Å². The lowest BCUT2D eigenvalue weighted by Crippen LogP contribution is -2.32. The van der Waals surface area contributed by atoms with E-state index in [-0.39, 0.29) is 5.60 Å². The second-order valence-corrected chi connectivity index (χ2v) is 21.4. The summed E-state index contributed by atoms with van der Waals surface area (Å²) in [5.74, 6) is 0. The van der Waals surface area contributed by atoms with Crippen molar-refractivity contribution in [2.75, 3.05) is 0 Å². The highest BCUT2D eigenvalue weighted by Crippen LogP contribution is 2.32. The summed E-state index contributed by atoms with van der Waals surface area (Å²) in [5, 5.41) is 0. The summed E-state index contributed by atoms with van der Waals surface area (Å²) >= 11 is 0. The van der Waals surface area contributed by atoms with Crippen molar-refractivity contribution in [2.24, 2.45) is 0 Å². The molecule has 368 valence electrons. The van der Waals surface area contributed by atoms with Crippen LogP contribution in [-0.4, -0.2) is 16.1 Å². The molecule has 0 aromatic heterocycles. The first kappa shape index (κ1) is 61.2. The largest absolute Gasteiger partial charge is 0.422 e. The minimum atomic E-state index is 0.215. The third-order valence-electron chi connectivity index (χ3n) is 14.9. The fraction of sp³-hybridized carbons (Fsp3) is 1.00. The number of rotatable bonds is 56. The second-order valence-electron chi connectivity index (χ2n) is 21.0. The normalized spacial score (nSPS) is 12.0. The maximum absolute atomic E-state index is 6.67. The molecule has 1 nitrogen and oxygen atoms in total. The van der Waals surface area contributed by atoms with E-state index in [0.717, 1.165) is 10.5 Å². The molecule has 0 amide bonds. The molecule has 0 atom stereocenters. The minimum Gasteiger partial charge on any atom is -0.422 e. The molecule has 0 aromatic carbocycles. The lowest BCUT2D eigenvalue weighted by atomic mass is 9.85. The first-order chi connectivity index (χ1) is 30.2. The number of hydrogen-bond donors (Lipinski definition) is 0. The van der Waals surface area contributed by atoms with Crippen molar-refractivity contribution < 1.29 is 4.43 Å². The Bertz CT molecular complexity index is 713. The van der Waals surface area contributed by atoms with Gasteiger partial charge >= 0.3 is 0 Å². The van der Waals surface area contributed by atoms with E-state index in [4.69, 9.17) is 4.43 Å². The molecule has 0 fully saturated rings. The van der Waals surface area contributed by atoms with Crippen LogP contribution in [-0.2, 0) is 4.43 Å². The summed E-state index contributed by atoms with van der Waals surface area (Å²) in [4.78, 5) is 0. The van der Waals surface area contributed by atoms with Gasteiger partial charge in [-0.1, -0.05) is 355 Å².